The van der Waals surface area contributed by atoms with Gasteiger partial charge in [0, 0.05) is 6.42 Å². The summed E-state index contributed by atoms with van der Waals surface area (Å²) in [5.41, 5.74) is 0. The number of phosphoric acid groups is 1. The predicted molar refractivity (Wildman–Crippen MR) is 314 cm³/mol. The molecule has 0 aromatic heterocycles. The Balaban J connectivity index is 4.05. The van der Waals surface area contributed by atoms with E-state index in [0.717, 1.165) is 38.5 Å². The second-order valence-corrected chi connectivity index (χ2v) is 25.0. The van der Waals surface area contributed by atoms with Crippen LogP contribution in [0.15, 0.2) is 12.2 Å². The van der Waals surface area contributed by atoms with Crippen molar-refractivity contribution in [2.75, 3.05) is 40.9 Å². The lowest BCUT2D eigenvalue weighted by molar-refractivity contribution is -0.870. The molecule has 72 heavy (non-hydrogen) atoms. The summed E-state index contributed by atoms with van der Waals surface area (Å²) < 4.78 is 23.8. The summed E-state index contributed by atoms with van der Waals surface area (Å²) in [4.78, 5) is 23.4. The van der Waals surface area contributed by atoms with Crippen LogP contribution in [-0.2, 0) is 18.4 Å². The molecule has 3 atom stereocenters. The van der Waals surface area contributed by atoms with E-state index in [1.165, 1.54) is 270 Å². The number of carbonyl (C=O) groups excluding carboxylic acids is 1. The van der Waals surface area contributed by atoms with Crippen molar-refractivity contribution in [3.05, 3.63) is 12.2 Å². The van der Waals surface area contributed by atoms with Gasteiger partial charge in [0.05, 0.1) is 39.9 Å². The van der Waals surface area contributed by atoms with E-state index in [1.54, 1.807) is 0 Å². The largest absolute Gasteiger partial charge is 0.472 e. The SMILES string of the molecule is CCCCCCCCCCCCCC/C=C\CCCCCCCCCCCCCCCC(=O)NC(COP(=O)(O)OCC[N+](C)(C)C)C(O)CCCCCCCCCCCCCCCCCCCCCCC. The quantitative estimate of drug-likeness (QED) is 0.0243. The highest BCUT2D eigenvalue weighted by molar-refractivity contribution is 7.47. The Morgan fingerprint density at radius 1 is 0.458 bits per heavy atom. The molecule has 9 heteroatoms. The maximum Gasteiger partial charge on any atom is 0.472 e. The lowest BCUT2D eigenvalue weighted by Gasteiger charge is -2.26. The first kappa shape index (κ1) is 71.2. The molecular formula is C63H128N2O6P+. The molecule has 0 saturated carbocycles. The van der Waals surface area contributed by atoms with E-state index in [9.17, 15) is 19.4 Å². The van der Waals surface area contributed by atoms with Crippen LogP contribution in [-0.4, -0.2) is 73.4 Å². The number of quaternary nitrogens is 1. The number of nitrogens with zero attached hydrogens (tertiary/aromatic N) is 1. The predicted octanol–water partition coefficient (Wildman–Crippen LogP) is 19.8. The maximum absolute atomic E-state index is 13.0. The Hall–Kier alpha value is -0.760. The molecule has 8 nitrogen and oxygen atoms in total. The van der Waals surface area contributed by atoms with Crippen molar-refractivity contribution in [1.29, 1.82) is 0 Å². The van der Waals surface area contributed by atoms with Crippen LogP contribution in [0, 0.1) is 0 Å². The lowest BCUT2D eigenvalue weighted by atomic mass is 10.0. The van der Waals surface area contributed by atoms with Crippen molar-refractivity contribution in [3.8, 4) is 0 Å². The molecule has 1 amide bonds. The van der Waals surface area contributed by atoms with Gasteiger partial charge in [0.25, 0.3) is 0 Å². The summed E-state index contributed by atoms with van der Waals surface area (Å²) in [5, 5.41) is 14.1. The number of nitrogens with one attached hydrogen (secondary N) is 1. The zero-order valence-electron chi connectivity index (χ0n) is 49.2. The van der Waals surface area contributed by atoms with E-state index in [4.69, 9.17) is 9.05 Å². The number of unbranched alkanes of at least 4 members (excludes halogenated alkanes) is 45. The highest BCUT2D eigenvalue weighted by Crippen LogP contribution is 2.43. The molecule has 0 aliphatic rings. The minimum Gasteiger partial charge on any atom is -0.391 e. The number of aliphatic hydroxyl groups is 1. The monoisotopic (exact) mass is 1040 g/mol. The number of rotatable bonds is 60. The van der Waals surface area contributed by atoms with Crippen molar-refractivity contribution in [2.45, 2.75) is 347 Å². The summed E-state index contributed by atoms with van der Waals surface area (Å²) in [6, 6.07) is -0.758. The van der Waals surface area contributed by atoms with Crippen LogP contribution < -0.4 is 5.32 Å². The Morgan fingerprint density at radius 2 is 0.750 bits per heavy atom. The topological polar surface area (TPSA) is 105 Å². The van der Waals surface area contributed by atoms with E-state index in [-0.39, 0.29) is 19.1 Å². The van der Waals surface area contributed by atoms with E-state index in [1.807, 2.05) is 21.1 Å². The van der Waals surface area contributed by atoms with Crippen LogP contribution in [0.1, 0.15) is 335 Å². The number of likely N-dealkylation sites (N-methyl/N-ethyl adjacent to an activating group) is 1. The van der Waals surface area contributed by atoms with Gasteiger partial charge < -0.3 is 19.8 Å². The molecule has 0 bridgehead atoms. The van der Waals surface area contributed by atoms with Gasteiger partial charge in [0.15, 0.2) is 0 Å². The summed E-state index contributed by atoms with van der Waals surface area (Å²) in [5.74, 6) is -0.137. The van der Waals surface area contributed by atoms with Gasteiger partial charge in [-0.05, 0) is 38.5 Å². The second-order valence-electron chi connectivity index (χ2n) is 23.5. The average Bonchev–Trinajstić information content (AvgIpc) is 3.34. The number of carbonyl (C=O) groups is 1. The fourth-order valence-electron chi connectivity index (χ4n) is 9.99. The van der Waals surface area contributed by atoms with Gasteiger partial charge in [-0.15, -0.1) is 0 Å². The summed E-state index contributed by atoms with van der Waals surface area (Å²) in [6.45, 7) is 4.95. The molecule has 3 N–H and O–H groups in total. The van der Waals surface area contributed by atoms with E-state index in [2.05, 4.69) is 31.3 Å². The zero-order valence-corrected chi connectivity index (χ0v) is 50.1. The normalized spacial score (nSPS) is 13.8. The maximum atomic E-state index is 13.0. The molecule has 0 radical (unpaired) electrons. The summed E-state index contributed by atoms with van der Waals surface area (Å²) in [7, 11) is 1.63. The Bertz CT molecular complexity index is 1180. The Kier molecular flexibility index (Phi) is 54.4. The van der Waals surface area contributed by atoms with Crippen LogP contribution in [0.2, 0.25) is 0 Å². The van der Waals surface area contributed by atoms with Crippen molar-refractivity contribution in [1.82, 2.24) is 5.32 Å². The minimum atomic E-state index is -4.32. The number of allylic oxidation sites excluding steroid dienone is 2. The van der Waals surface area contributed by atoms with Crippen LogP contribution in [0.5, 0.6) is 0 Å². The molecule has 0 fully saturated rings. The van der Waals surface area contributed by atoms with Crippen molar-refractivity contribution in [3.63, 3.8) is 0 Å². The fourth-order valence-corrected chi connectivity index (χ4v) is 10.7. The number of phosphoric ester groups is 1. The van der Waals surface area contributed by atoms with Gasteiger partial charge in [-0.25, -0.2) is 4.57 Å². The molecule has 3 unspecified atom stereocenters. The zero-order chi connectivity index (χ0) is 52.7. The first-order valence-electron chi connectivity index (χ1n) is 32.1. The minimum absolute atomic E-state index is 0.0777. The molecular weight excluding hydrogens is 912 g/mol. The molecule has 430 valence electrons. The number of amides is 1. The first-order chi connectivity index (χ1) is 35.0. The third-order valence-corrected chi connectivity index (χ3v) is 16.0. The summed E-state index contributed by atoms with van der Waals surface area (Å²) in [6.07, 6.45) is 68.6. The number of aliphatic hydroxyl groups excluding tert-OH is 1. The fraction of sp³-hybridized carbons (Fsp3) is 0.952. The van der Waals surface area contributed by atoms with E-state index < -0.39 is 20.0 Å². The molecule has 0 spiro atoms. The molecule has 0 heterocycles. The van der Waals surface area contributed by atoms with Gasteiger partial charge in [-0.3, -0.25) is 13.8 Å². The standard InChI is InChI=1S/C63H127N2O6P/c1-6-8-10-12-14-16-18-20-22-24-26-28-29-30-31-32-33-34-35-37-39-41-43-45-47-49-51-53-55-57-63(67)64-61(60-71-72(68,69)70-59-58-65(3,4)5)62(66)56-54-52-50-48-46-44-42-40-38-36-27-25-23-21-19-17-15-13-11-9-7-2/h30-31,61-62,66H,6-29,32-60H2,1-5H3,(H-,64,67,68,69)/p+1/b31-30-. The van der Waals surface area contributed by atoms with Gasteiger partial charge >= 0.3 is 7.82 Å². The van der Waals surface area contributed by atoms with E-state index >= 15 is 0 Å². The molecule has 0 aliphatic carbocycles. The van der Waals surface area contributed by atoms with Crippen LogP contribution in [0.3, 0.4) is 0 Å². The van der Waals surface area contributed by atoms with Crippen LogP contribution in [0.4, 0.5) is 0 Å². The third kappa shape index (κ3) is 57.0. The van der Waals surface area contributed by atoms with E-state index in [0.29, 0.717) is 23.9 Å². The van der Waals surface area contributed by atoms with Crippen molar-refractivity contribution >= 4 is 13.7 Å². The number of hydrogen-bond donors (Lipinski definition) is 3. The average molecular weight is 1040 g/mol. The smallest absolute Gasteiger partial charge is 0.391 e. The van der Waals surface area contributed by atoms with Gasteiger partial charge in [0.2, 0.25) is 5.91 Å². The third-order valence-electron chi connectivity index (χ3n) is 15.0. The van der Waals surface area contributed by atoms with Crippen LogP contribution in [0.25, 0.3) is 0 Å². The van der Waals surface area contributed by atoms with Gasteiger partial charge in [0.1, 0.15) is 13.2 Å². The van der Waals surface area contributed by atoms with Crippen molar-refractivity contribution in [2.24, 2.45) is 0 Å². The lowest BCUT2D eigenvalue weighted by Crippen LogP contribution is -2.46. The molecule has 0 rings (SSSR count). The van der Waals surface area contributed by atoms with Crippen LogP contribution >= 0.6 is 7.82 Å². The highest BCUT2D eigenvalue weighted by Gasteiger charge is 2.28. The number of hydrogen-bond acceptors (Lipinski definition) is 5. The van der Waals surface area contributed by atoms with Gasteiger partial charge in [-0.1, -0.05) is 302 Å². The summed E-state index contributed by atoms with van der Waals surface area (Å²) >= 11 is 0. The highest BCUT2D eigenvalue weighted by atomic mass is 31.2. The van der Waals surface area contributed by atoms with Gasteiger partial charge in [-0.2, -0.15) is 0 Å². The molecule has 0 saturated heterocycles. The molecule has 0 aromatic rings. The second kappa shape index (κ2) is 55.0. The molecule has 0 aromatic carbocycles. The Morgan fingerprint density at radius 3 is 1.07 bits per heavy atom. The Labute approximate surface area is 450 Å². The molecule has 0 aliphatic heterocycles. The first-order valence-corrected chi connectivity index (χ1v) is 33.5. The van der Waals surface area contributed by atoms with Crippen molar-refractivity contribution < 1.29 is 32.9 Å².